The van der Waals surface area contributed by atoms with E-state index in [1.807, 2.05) is 12.1 Å². The molecule has 0 spiro atoms. The molecule has 0 heterocycles. The highest BCUT2D eigenvalue weighted by molar-refractivity contribution is 6.30. The molecule has 0 atom stereocenters. The predicted octanol–water partition coefficient (Wildman–Crippen LogP) is 27.4. The van der Waals surface area contributed by atoms with Gasteiger partial charge in [-0.2, -0.15) is 0 Å². The second-order valence-corrected chi connectivity index (χ2v) is 32.2. The molecule has 1 N–H and O–H groups in total. The van der Waals surface area contributed by atoms with Crippen LogP contribution in [0.3, 0.4) is 0 Å². The third-order valence-electron chi connectivity index (χ3n) is 19.9. The van der Waals surface area contributed by atoms with E-state index in [1.54, 1.807) is 0 Å². The number of hydrogen-bond acceptors (Lipinski definition) is 2. The average molecular weight is 1290 g/mol. The Labute approximate surface area is 585 Å². The minimum Gasteiger partial charge on any atom is -0.355 e. The van der Waals surface area contributed by atoms with E-state index in [1.165, 1.54) is 111 Å². The van der Waals surface area contributed by atoms with Crippen LogP contribution >= 0.6 is 11.6 Å². The molecule has 14 rings (SSSR count). The highest BCUT2D eigenvalue weighted by Crippen LogP contribution is 2.53. The van der Waals surface area contributed by atoms with Gasteiger partial charge in [0.2, 0.25) is 0 Å². The van der Waals surface area contributed by atoms with Gasteiger partial charge in [-0.25, -0.2) is 0 Å². The standard InChI is InChI=1S/C47H47N.C27H23N.C20H25Cl/c1-45(2,3)35-28-34(29-36(30-35)46(4,5)6)32-22-24-37(25-23-32)48(44-21-15-13-18-39(44)33-16-10-9-11-17-33)38-26-27-41-40-19-12-14-20-42(40)47(7,8)43(41)31-38;1-27(2)24-14-8-6-13-22(24)23-17-16-20(18-25(23)27)28-26-15-9-7-12-21(26)19-10-4-3-5-11-19;1-19(2,3)16-11-15(12-17(13-16)20(4,5)6)14-7-9-18(21)10-8-14/h9-31H,1-8H3;3-18,28H,1-2H3;7-13H,1-6H3. The minimum absolute atomic E-state index is 0.0164. The quantitative estimate of drug-likeness (QED) is 0.155. The Hall–Kier alpha value is -9.47. The van der Waals surface area contributed by atoms with Crippen LogP contribution in [-0.4, -0.2) is 0 Å². The summed E-state index contributed by atoms with van der Waals surface area (Å²) >= 11 is 6.01. The van der Waals surface area contributed by atoms with E-state index < -0.39 is 0 Å². The molecule has 0 aromatic heterocycles. The van der Waals surface area contributed by atoms with Crippen LogP contribution < -0.4 is 10.2 Å². The van der Waals surface area contributed by atoms with E-state index in [0.717, 1.165) is 33.5 Å². The number of hydrogen-bond donors (Lipinski definition) is 1. The molecule has 0 saturated heterocycles. The molecule has 2 aliphatic carbocycles. The molecule has 0 radical (unpaired) electrons. The summed E-state index contributed by atoms with van der Waals surface area (Å²) < 4.78 is 0. The van der Waals surface area contributed by atoms with Crippen LogP contribution in [0, 0.1) is 0 Å². The fourth-order valence-electron chi connectivity index (χ4n) is 14.0. The van der Waals surface area contributed by atoms with Gasteiger partial charge in [0.25, 0.3) is 0 Å². The first-order valence-corrected chi connectivity index (χ1v) is 35.0. The monoisotopic (exact) mass is 1290 g/mol. The zero-order chi connectivity index (χ0) is 68.8. The fourth-order valence-corrected chi connectivity index (χ4v) is 14.1. The topological polar surface area (TPSA) is 15.3 Å². The molecular formula is C94H95ClN2. The summed E-state index contributed by atoms with van der Waals surface area (Å²) in [5, 5.41) is 4.44. The molecule has 0 amide bonds. The van der Waals surface area contributed by atoms with Crippen molar-refractivity contribution in [3.05, 3.63) is 329 Å². The molecule has 0 bridgehead atoms. The molecular weight excluding hydrogens is 1190 g/mol. The molecule has 12 aromatic carbocycles. The Morgan fingerprint density at radius 2 is 0.639 bits per heavy atom. The highest BCUT2D eigenvalue weighted by atomic mass is 35.5. The largest absolute Gasteiger partial charge is 0.355 e. The van der Waals surface area contributed by atoms with Crippen molar-refractivity contribution in [3.8, 4) is 66.8 Å². The lowest BCUT2D eigenvalue weighted by Gasteiger charge is -2.30. The van der Waals surface area contributed by atoms with Crippen molar-refractivity contribution in [1.29, 1.82) is 0 Å². The molecule has 0 saturated carbocycles. The fraction of sp³-hybridized carbons (Fsp3) is 0.234. The van der Waals surface area contributed by atoms with Crippen molar-refractivity contribution >= 4 is 40.0 Å². The van der Waals surface area contributed by atoms with Gasteiger partial charge in [-0.1, -0.05) is 341 Å². The molecule has 0 aliphatic heterocycles. The lowest BCUT2D eigenvalue weighted by Crippen LogP contribution is -2.17. The maximum absolute atomic E-state index is 6.01. The van der Waals surface area contributed by atoms with Crippen LogP contribution in [0.1, 0.15) is 155 Å². The summed E-state index contributed by atoms with van der Waals surface area (Å²) in [6.45, 7) is 36.8. The molecule has 0 fully saturated rings. The summed E-state index contributed by atoms with van der Waals surface area (Å²) in [5.41, 5.74) is 32.3. The van der Waals surface area contributed by atoms with Gasteiger partial charge >= 0.3 is 0 Å². The number of nitrogens with zero attached hydrogens (tertiary/aromatic N) is 1. The number of halogens is 1. The SMILES string of the molecule is CC(C)(C)c1cc(-c2ccc(Cl)cc2)cc(C(C)(C)C)c1.CC(C)(C)c1cc(-c2ccc(N(c3ccc4c(c3)C(C)(C)c3ccccc3-4)c3ccccc3-c3ccccc3)cc2)cc(C(C)(C)C)c1.CC1(C)c2ccccc2-c2ccc(Nc3ccccc3-c3ccccc3)cc21. The second-order valence-electron chi connectivity index (χ2n) is 31.7. The summed E-state index contributed by atoms with van der Waals surface area (Å²) in [6.07, 6.45) is 0. The third-order valence-corrected chi connectivity index (χ3v) is 20.1. The number of nitrogens with one attached hydrogen (secondary N) is 1. The first kappa shape index (κ1) is 67.5. The molecule has 2 nitrogen and oxygen atoms in total. The highest BCUT2D eigenvalue weighted by Gasteiger charge is 2.37. The number of para-hydroxylation sites is 2. The number of rotatable bonds is 9. The summed E-state index contributed by atoms with van der Waals surface area (Å²) in [6, 6.07) is 101. The Morgan fingerprint density at radius 3 is 1.11 bits per heavy atom. The number of anilines is 5. The maximum atomic E-state index is 6.01. The molecule has 12 aromatic rings. The molecule has 3 heteroatoms. The van der Waals surface area contributed by atoms with Gasteiger partial charge in [0.05, 0.1) is 5.69 Å². The summed E-state index contributed by atoms with van der Waals surface area (Å²) in [4.78, 5) is 2.44. The van der Waals surface area contributed by atoms with Gasteiger partial charge < -0.3 is 10.2 Å². The van der Waals surface area contributed by atoms with Gasteiger partial charge in [-0.05, 0) is 182 Å². The Bertz CT molecular complexity index is 4720. The van der Waals surface area contributed by atoms with Crippen LogP contribution in [0.5, 0.6) is 0 Å². The van der Waals surface area contributed by atoms with E-state index in [4.69, 9.17) is 11.6 Å². The van der Waals surface area contributed by atoms with Gasteiger partial charge in [0.1, 0.15) is 0 Å². The van der Waals surface area contributed by atoms with Gasteiger partial charge in [0.15, 0.2) is 0 Å². The van der Waals surface area contributed by atoms with Crippen molar-refractivity contribution in [2.24, 2.45) is 0 Å². The second kappa shape index (κ2) is 26.5. The molecule has 488 valence electrons. The third kappa shape index (κ3) is 14.2. The number of fused-ring (bicyclic) bond motifs is 6. The molecule has 2 aliphatic rings. The van der Waals surface area contributed by atoms with Crippen LogP contribution in [0.4, 0.5) is 28.4 Å². The Kier molecular flexibility index (Phi) is 18.4. The lowest BCUT2D eigenvalue weighted by molar-refractivity contribution is 0.568. The zero-order valence-electron chi connectivity index (χ0n) is 59.9. The molecule has 0 unspecified atom stereocenters. The minimum atomic E-state index is -0.0841. The van der Waals surface area contributed by atoms with Crippen LogP contribution in [-0.2, 0) is 32.5 Å². The van der Waals surface area contributed by atoms with Crippen LogP contribution in [0.25, 0.3) is 66.8 Å². The van der Waals surface area contributed by atoms with Crippen molar-refractivity contribution in [3.63, 3.8) is 0 Å². The Morgan fingerprint density at radius 1 is 0.278 bits per heavy atom. The predicted molar refractivity (Wildman–Crippen MR) is 420 cm³/mol. The van der Waals surface area contributed by atoms with Gasteiger partial charge in [0, 0.05) is 49.7 Å². The summed E-state index contributed by atoms with van der Waals surface area (Å²) in [7, 11) is 0. The Balaban J connectivity index is 0.000000154. The zero-order valence-corrected chi connectivity index (χ0v) is 60.6. The first-order chi connectivity index (χ1) is 46.0. The van der Waals surface area contributed by atoms with E-state index in [9.17, 15) is 0 Å². The van der Waals surface area contributed by atoms with Gasteiger partial charge in [-0.3, -0.25) is 0 Å². The normalized spacial score (nSPS) is 13.4. The van der Waals surface area contributed by atoms with E-state index in [2.05, 4.69) is 388 Å². The van der Waals surface area contributed by atoms with E-state index in [0.29, 0.717) is 0 Å². The van der Waals surface area contributed by atoms with E-state index in [-0.39, 0.29) is 32.5 Å². The maximum Gasteiger partial charge on any atom is 0.0540 e. The van der Waals surface area contributed by atoms with Crippen molar-refractivity contribution in [2.45, 2.75) is 143 Å². The van der Waals surface area contributed by atoms with E-state index >= 15 is 0 Å². The first-order valence-electron chi connectivity index (χ1n) is 34.6. The average Bonchev–Trinajstić information content (AvgIpc) is 1.60. The summed E-state index contributed by atoms with van der Waals surface area (Å²) in [5.74, 6) is 0. The lowest BCUT2D eigenvalue weighted by atomic mass is 9.79. The van der Waals surface area contributed by atoms with Gasteiger partial charge in [-0.15, -0.1) is 0 Å². The van der Waals surface area contributed by atoms with Crippen molar-refractivity contribution in [2.75, 3.05) is 10.2 Å². The van der Waals surface area contributed by atoms with Crippen molar-refractivity contribution in [1.82, 2.24) is 0 Å². The number of benzene rings is 12. The van der Waals surface area contributed by atoms with Crippen molar-refractivity contribution < 1.29 is 0 Å². The van der Waals surface area contributed by atoms with Crippen LogP contribution in [0.2, 0.25) is 5.02 Å². The van der Waals surface area contributed by atoms with Crippen LogP contribution in [0.15, 0.2) is 279 Å². The smallest absolute Gasteiger partial charge is 0.0540 e. The molecule has 97 heavy (non-hydrogen) atoms.